The number of nitrogens with zero attached hydrogens (tertiary/aromatic N) is 4. The van der Waals surface area contributed by atoms with Gasteiger partial charge in [-0.3, -0.25) is 9.59 Å². The number of hydrogen-bond donors (Lipinski definition) is 2. The first-order chi connectivity index (χ1) is 16.0. The van der Waals surface area contributed by atoms with E-state index in [0.29, 0.717) is 34.1 Å². The Balaban J connectivity index is 1.46. The fourth-order valence-electron chi connectivity index (χ4n) is 3.11. The Morgan fingerprint density at radius 2 is 1.67 bits per heavy atom. The van der Waals surface area contributed by atoms with Crippen LogP contribution in [0.25, 0.3) is 11.4 Å². The van der Waals surface area contributed by atoms with Crippen molar-refractivity contribution in [1.82, 2.24) is 20.2 Å². The molecule has 2 amide bonds. The van der Waals surface area contributed by atoms with Crippen molar-refractivity contribution in [1.29, 1.82) is 0 Å². The molecule has 0 radical (unpaired) electrons. The lowest BCUT2D eigenvalue weighted by Crippen LogP contribution is -2.20. The van der Waals surface area contributed by atoms with Crippen LogP contribution in [-0.2, 0) is 11.3 Å². The molecule has 0 aliphatic heterocycles. The molecule has 0 spiro atoms. The molecule has 9 heteroatoms. The number of hydrogen-bond acceptors (Lipinski definition) is 6. The number of carbonyl (C=O) groups is 2. The molecule has 0 saturated carbocycles. The van der Waals surface area contributed by atoms with Crippen molar-refractivity contribution in [3.8, 4) is 17.1 Å². The molecule has 2 N–H and O–H groups in total. The van der Waals surface area contributed by atoms with E-state index in [1.54, 1.807) is 49.6 Å². The first-order valence-corrected chi connectivity index (χ1v) is 10.2. The summed E-state index contributed by atoms with van der Waals surface area (Å²) in [4.78, 5) is 26.2. The molecule has 0 aliphatic carbocycles. The number of rotatable bonds is 7. The number of methoxy groups -OCH3 is 1. The molecule has 0 fully saturated rings. The maximum absolute atomic E-state index is 12.7. The van der Waals surface area contributed by atoms with Gasteiger partial charge in [0.1, 0.15) is 12.3 Å². The average molecular weight is 442 g/mol. The maximum Gasteiger partial charge on any atom is 0.255 e. The third-order valence-electron chi connectivity index (χ3n) is 4.84. The number of amides is 2. The van der Waals surface area contributed by atoms with Crippen LogP contribution in [0.4, 0.5) is 11.4 Å². The molecule has 4 aromatic rings. The number of ether oxygens (including phenoxy) is 1. The van der Waals surface area contributed by atoms with Crippen molar-refractivity contribution in [2.45, 2.75) is 13.5 Å². The standard InChI is InChI=1S/C24H22N6O3/c1-16-7-11-18(12-8-16)25-22(31)15-30-28-23(27-29-30)20-5-3-4-6-21(20)26-24(32)17-9-13-19(33-2)14-10-17/h3-14H,15H2,1-2H3,(H,25,31)(H,26,32). The summed E-state index contributed by atoms with van der Waals surface area (Å²) in [5, 5.41) is 18.0. The molecule has 0 unspecified atom stereocenters. The highest BCUT2D eigenvalue weighted by atomic mass is 16.5. The Morgan fingerprint density at radius 3 is 2.39 bits per heavy atom. The summed E-state index contributed by atoms with van der Waals surface area (Å²) in [6.45, 7) is 1.88. The normalized spacial score (nSPS) is 10.5. The van der Waals surface area contributed by atoms with Gasteiger partial charge in [-0.15, -0.1) is 10.2 Å². The minimum atomic E-state index is -0.282. The van der Waals surface area contributed by atoms with Gasteiger partial charge >= 0.3 is 0 Å². The van der Waals surface area contributed by atoms with Gasteiger partial charge in [-0.2, -0.15) is 4.80 Å². The Kier molecular flexibility index (Phi) is 6.40. The summed E-state index contributed by atoms with van der Waals surface area (Å²) in [7, 11) is 1.57. The molecule has 1 aromatic heterocycles. The van der Waals surface area contributed by atoms with Gasteiger partial charge in [-0.1, -0.05) is 29.8 Å². The van der Waals surface area contributed by atoms with E-state index in [4.69, 9.17) is 4.74 Å². The van der Waals surface area contributed by atoms with Crippen LogP contribution in [0.3, 0.4) is 0 Å². The van der Waals surface area contributed by atoms with Crippen molar-refractivity contribution >= 4 is 23.2 Å². The maximum atomic E-state index is 12.7. The summed E-state index contributed by atoms with van der Waals surface area (Å²) in [6.07, 6.45) is 0. The number of para-hydroxylation sites is 1. The van der Waals surface area contributed by atoms with Crippen molar-refractivity contribution in [2.75, 3.05) is 17.7 Å². The van der Waals surface area contributed by atoms with Gasteiger partial charge in [0.15, 0.2) is 0 Å². The van der Waals surface area contributed by atoms with Crippen LogP contribution in [0.15, 0.2) is 72.8 Å². The van der Waals surface area contributed by atoms with Gasteiger partial charge in [-0.05, 0) is 60.7 Å². The number of aryl methyl sites for hydroxylation is 1. The Bertz CT molecular complexity index is 1270. The summed E-state index contributed by atoms with van der Waals surface area (Å²) >= 11 is 0. The largest absolute Gasteiger partial charge is 0.497 e. The average Bonchev–Trinajstić information content (AvgIpc) is 3.29. The minimum absolute atomic E-state index is 0.0960. The van der Waals surface area contributed by atoms with Gasteiger partial charge in [0.2, 0.25) is 11.7 Å². The number of nitrogens with one attached hydrogen (secondary N) is 2. The molecule has 1 heterocycles. The topological polar surface area (TPSA) is 111 Å². The quantitative estimate of drug-likeness (QED) is 0.453. The van der Waals surface area contributed by atoms with Crippen LogP contribution in [0.1, 0.15) is 15.9 Å². The smallest absolute Gasteiger partial charge is 0.255 e. The Labute approximate surface area is 190 Å². The van der Waals surface area contributed by atoms with Gasteiger partial charge < -0.3 is 15.4 Å². The second-order valence-corrected chi connectivity index (χ2v) is 7.29. The van der Waals surface area contributed by atoms with Crippen molar-refractivity contribution in [2.24, 2.45) is 0 Å². The number of carbonyl (C=O) groups excluding carboxylic acids is 2. The Morgan fingerprint density at radius 1 is 0.939 bits per heavy atom. The van der Waals surface area contributed by atoms with Crippen LogP contribution >= 0.6 is 0 Å². The van der Waals surface area contributed by atoms with Crippen LogP contribution in [0.2, 0.25) is 0 Å². The van der Waals surface area contributed by atoms with Gasteiger partial charge in [0.05, 0.1) is 12.8 Å². The van der Waals surface area contributed by atoms with Crippen molar-refractivity contribution in [3.05, 3.63) is 83.9 Å². The third kappa shape index (κ3) is 5.40. The molecule has 9 nitrogen and oxygen atoms in total. The van der Waals surface area contributed by atoms with E-state index in [2.05, 4.69) is 26.0 Å². The molecular formula is C24H22N6O3. The van der Waals surface area contributed by atoms with E-state index < -0.39 is 0 Å². The van der Waals surface area contributed by atoms with E-state index in [9.17, 15) is 9.59 Å². The van der Waals surface area contributed by atoms with E-state index in [0.717, 1.165) is 5.56 Å². The molecule has 33 heavy (non-hydrogen) atoms. The lowest BCUT2D eigenvalue weighted by molar-refractivity contribution is -0.117. The molecule has 4 rings (SSSR count). The molecule has 3 aromatic carbocycles. The van der Waals surface area contributed by atoms with Gasteiger partial charge in [0, 0.05) is 16.8 Å². The highest BCUT2D eigenvalue weighted by Crippen LogP contribution is 2.25. The molecule has 0 bridgehead atoms. The lowest BCUT2D eigenvalue weighted by Gasteiger charge is -2.09. The second-order valence-electron chi connectivity index (χ2n) is 7.29. The fourth-order valence-corrected chi connectivity index (χ4v) is 3.11. The summed E-state index contributed by atoms with van der Waals surface area (Å²) < 4.78 is 5.13. The zero-order chi connectivity index (χ0) is 23.2. The van der Waals surface area contributed by atoms with Crippen molar-refractivity contribution in [3.63, 3.8) is 0 Å². The second kappa shape index (κ2) is 9.73. The zero-order valence-electron chi connectivity index (χ0n) is 18.1. The summed E-state index contributed by atoms with van der Waals surface area (Å²) in [5.74, 6) is 0.404. The van der Waals surface area contributed by atoms with Crippen molar-refractivity contribution < 1.29 is 14.3 Å². The highest BCUT2D eigenvalue weighted by Gasteiger charge is 2.15. The summed E-state index contributed by atoms with van der Waals surface area (Å²) in [5.41, 5.74) is 3.40. The van der Waals surface area contributed by atoms with E-state index in [1.165, 1.54) is 4.80 Å². The molecule has 0 saturated heterocycles. The number of benzene rings is 3. The zero-order valence-corrected chi connectivity index (χ0v) is 18.1. The molecular weight excluding hydrogens is 420 g/mol. The number of aromatic nitrogens is 4. The molecule has 166 valence electrons. The van der Waals surface area contributed by atoms with Crippen LogP contribution in [-0.4, -0.2) is 39.1 Å². The van der Waals surface area contributed by atoms with Gasteiger partial charge in [0.25, 0.3) is 5.91 Å². The van der Waals surface area contributed by atoms with Gasteiger partial charge in [-0.25, -0.2) is 0 Å². The lowest BCUT2D eigenvalue weighted by atomic mass is 10.1. The minimum Gasteiger partial charge on any atom is -0.497 e. The molecule has 0 aliphatic rings. The molecule has 0 atom stereocenters. The third-order valence-corrected chi connectivity index (χ3v) is 4.84. The van der Waals surface area contributed by atoms with E-state index in [1.807, 2.05) is 37.3 Å². The van der Waals surface area contributed by atoms with E-state index >= 15 is 0 Å². The van der Waals surface area contributed by atoms with Crippen LogP contribution in [0, 0.1) is 6.92 Å². The number of anilines is 2. The monoisotopic (exact) mass is 442 g/mol. The SMILES string of the molecule is COc1ccc(C(=O)Nc2ccccc2-c2nnn(CC(=O)Nc3ccc(C)cc3)n2)cc1. The van der Waals surface area contributed by atoms with Crippen LogP contribution < -0.4 is 15.4 Å². The van der Waals surface area contributed by atoms with Crippen LogP contribution in [0.5, 0.6) is 5.75 Å². The predicted octanol–water partition coefficient (Wildman–Crippen LogP) is 3.55. The van der Waals surface area contributed by atoms with E-state index in [-0.39, 0.29) is 18.4 Å². The highest BCUT2D eigenvalue weighted by molar-refractivity contribution is 6.06. The first-order valence-electron chi connectivity index (χ1n) is 10.2. The number of tetrazole rings is 1. The first kappa shape index (κ1) is 21.7. The summed E-state index contributed by atoms with van der Waals surface area (Å²) in [6, 6.07) is 21.4. The fraction of sp³-hybridized carbons (Fsp3) is 0.125. The predicted molar refractivity (Wildman–Crippen MR) is 124 cm³/mol. The Hall–Kier alpha value is -4.53.